The molecule has 0 radical (unpaired) electrons. The number of nitrogens with two attached hydrogens (primary N) is 2. The monoisotopic (exact) mass is 260 g/mol. The van der Waals surface area contributed by atoms with E-state index in [1.165, 1.54) is 0 Å². The Morgan fingerprint density at radius 1 is 1.42 bits per heavy atom. The van der Waals surface area contributed by atoms with Gasteiger partial charge in [0.05, 0.1) is 17.8 Å². The molecule has 0 atom stereocenters. The number of primary amides is 1. The van der Waals surface area contributed by atoms with Crippen molar-refractivity contribution < 1.29 is 9.21 Å². The maximum absolute atomic E-state index is 11.3. The number of anilines is 2. The molecule has 0 spiro atoms. The van der Waals surface area contributed by atoms with Crippen LogP contribution in [0.25, 0.3) is 0 Å². The van der Waals surface area contributed by atoms with Crippen LogP contribution in [-0.4, -0.2) is 10.9 Å². The van der Waals surface area contributed by atoms with Gasteiger partial charge in [-0.25, -0.2) is 4.98 Å². The fourth-order valence-corrected chi connectivity index (χ4v) is 1.71. The quantitative estimate of drug-likeness (QED) is 0.723. The predicted octanol–water partition coefficient (Wildman–Crippen LogP) is 1.58. The number of carbonyl (C=O) groups excluding carboxylic acids is 1. The topological polar surface area (TPSA) is 107 Å². The van der Waals surface area contributed by atoms with Crippen molar-refractivity contribution in [3.8, 4) is 0 Å². The number of carbonyl (C=O) groups is 1. The smallest absolute Gasteiger partial charge is 0.250 e. The van der Waals surface area contributed by atoms with E-state index in [2.05, 4.69) is 10.3 Å². The second-order valence-electron chi connectivity index (χ2n) is 4.27. The average Bonchev–Trinajstić information content (AvgIpc) is 2.66. The molecule has 0 saturated carbocycles. The summed E-state index contributed by atoms with van der Waals surface area (Å²) >= 11 is 0. The molecule has 6 heteroatoms. The fourth-order valence-electron chi connectivity index (χ4n) is 1.71. The lowest BCUT2D eigenvalue weighted by Gasteiger charge is -2.09. The lowest BCUT2D eigenvalue weighted by atomic mass is 10.1. The SMILES string of the molecule is Cc1nc(CNc2cc(N)ccc2C(N)=O)oc1C. The summed E-state index contributed by atoms with van der Waals surface area (Å²) in [5.74, 6) is 0.814. The van der Waals surface area contributed by atoms with Crippen LogP contribution in [0.3, 0.4) is 0 Å². The number of hydrogen-bond acceptors (Lipinski definition) is 5. The first-order valence-electron chi connectivity index (χ1n) is 5.83. The Kier molecular flexibility index (Phi) is 3.41. The van der Waals surface area contributed by atoms with E-state index < -0.39 is 5.91 Å². The second-order valence-corrected chi connectivity index (χ2v) is 4.27. The molecule has 100 valence electrons. The molecule has 2 rings (SSSR count). The lowest BCUT2D eigenvalue weighted by molar-refractivity contribution is 0.100. The van der Waals surface area contributed by atoms with E-state index >= 15 is 0 Å². The molecule has 0 aliphatic rings. The number of aryl methyl sites for hydroxylation is 2. The van der Waals surface area contributed by atoms with Crippen LogP contribution in [0.4, 0.5) is 11.4 Å². The van der Waals surface area contributed by atoms with E-state index in [9.17, 15) is 4.79 Å². The molecule has 1 heterocycles. The predicted molar refractivity (Wildman–Crippen MR) is 72.7 cm³/mol. The van der Waals surface area contributed by atoms with Gasteiger partial charge in [-0.3, -0.25) is 4.79 Å². The minimum atomic E-state index is -0.512. The van der Waals surface area contributed by atoms with Crippen LogP contribution in [0.1, 0.15) is 27.7 Å². The van der Waals surface area contributed by atoms with E-state index in [-0.39, 0.29) is 0 Å². The van der Waals surface area contributed by atoms with Crippen molar-refractivity contribution in [1.82, 2.24) is 4.98 Å². The Labute approximate surface area is 110 Å². The van der Waals surface area contributed by atoms with Crippen LogP contribution in [-0.2, 0) is 6.54 Å². The van der Waals surface area contributed by atoms with Crippen LogP contribution >= 0.6 is 0 Å². The summed E-state index contributed by atoms with van der Waals surface area (Å²) in [5, 5.41) is 3.06. The standard InChI is InChI=1S/C13H16N4O2/c1-7-8(2)19-12(17-7)6-16-11-5-9(14)3-4-10(11)13(15)18/h3-5,16H,6,14H2,1-2H3,(H2,15,18). The number of benzene rings is 1. The number of amides is 1. The van der Waals surface area contributed by atoms with E-state index in [1.807, 2.05) is 13.8 Å². The number of aromatic nitrogens is 1. The van der Waals surface area contributed by atoms with Crippen molar-refractivity contribution in [3.05, 3.63) is 41.1 Å². The number of rotatable bonds is 4. The van der Waals surface area contributed by atoms with Crippen molar-refractivity contribution >= 4 is 17.3 Å². The first kappa shape index (κ1) is 12.9. The Bertz CT molecular complexity index is 600. The molecule has 5 N–H and O–H groups in total. The first-order valence-corrected chi connectivity index (χ1v) is 5.83. The summed E-state index contributed by atoms with van der Waals surface area (Å²) in [7, 11) is 0. The lowest BCUT2D eigenvalue weighted by Crippen LogP contribution is -2.14. The zero-order valence-corrected chi connectivity index (χ0v) is 10.9. The molecule has 2 aromatic rings. The van der Waals surface area contributed by atoms with Gasteiger partial charge in [-0.15, -0.1) is 0 Å². The number of nitrogens with one attached hydrogen (secondary N) is 1. The number of oxazole rings is 1. The normalized spacial score (nSPS) is 10.4. The summed E-state index contributed by atoms with van der Waals surface area (Å²) in [4.78, 5) is 15.6. The van der Waals surface area contributed by atoms with Crippen molar-refractivity contribution in [1.29, 1.82) is 0 Å². The summed E-state index contributed by atoms with van der Waals surface area (Å²) in [6, 6.07) is 4.87. The molecule has 19 heavy (non-hydrogen) atoms. The largest absolute Gasteiger partial charge is 0.444 e. The zero-order valence-electron chi connectivity index (χ0n) is 10.9. The Morgan fingerprint density at radius 2 is 2.16 bits per heavy atom. The third kappa shape index (κ3) is 2.85. The molecular weight excluding hydrogens is 244 g/mol. The van der Waals surface area contributed by atoms with Crippen LogP contribution < -0.4 is 16.8 Å². The highest BCUT2D eigenvalue weighted by Gasteiger charge is 2.10. The third-order valence-electron chi connectivity index (χ3n) is 2.81. The Morgan fingerprint density at radius 3 is 2.74 bits per heavy atom. The minimum Gasteiger partial charge on any atom is -0.444 e. The molecule has 0 fully saturated rings. The van der Waals surface area contributed by atoms with Gasteiger partial charge in [-0.2, -0.15) is 0 Å². The highest BCUT2D eigenvalue weighted by Crippen LogP contribution is 2.20. The number of nitrogen functional groups attached to an aromatic ring is 1. The van der Waals surface area contributed by atoms with Gasteiger partial charge in [-0.1, -0.05) is 0 Å². The summed E-state index contributed by atoms with van der Waals surface area (Å²) < 4.78 is 5.45. The first-order chi connectivity index (χ1) is 8.97. The Hall–Kier alpha value is -2.50. The van der Waals surface area contributed by atoms with E-state index in [4.69, 9.17) is 15.9 Å². The second kappa shape index (κ2) is 5.01. The molecule has 0 aliphatic heterocycles. The van der Waals surface area contributed by atoms with Crippen LogP contribution in [0.2, 0.25) is 0 Å². The number of nitrogens with zero attached hydrogens (tertiary/aromatic N) is 1. The molecule has 0 saturated heterocycles. The van der Waals surface area contributed by atoms with Gasteiger partial charge in [0.25, 0.3) is 5.91 Å². The summed E-state index contributed by atoms with van der Waals surface area (Å²) in [5.41, 5.74) is 13.3. The molecule has 1 aromatic carbocycles. The molecule has 0 aliphatic carbocycles. The number of hydrogen-bond donors (Lipinski definition) is 3. The van der Waals surface area contributed by atoms with Gasteiger partial charge in [0, 0.05) is 11.4 Å². The maximum atomic E-state index is 11.3. The van der Waals surface area contributed by atoms with Gasteiger partial charge in [-0.05, 0) is 32.0 Å². The fraction of sp³-hybridized carbons (Fsp3) is 0.231. The average molecular weight is 260 g/mol. The Balaban J connectivity index is 2.19. The van der Waals surface area contributed by atoms with Crippen molar-refractivity contribution in [2.45, 2.75) is 20.4 Å². The van der Waals surface area contributed by atoms with E-state index in [0.717, 1.165) is 11.5 Å². The van der Waals surface area contributed by atoms with Crippen LogP contribution in [0.5, 0.6) is 0 Å². The van der Waals surface area contributed by atoms with Gasteiger partial charge >= 0.3 is 0 Å². The highest BCUT2D eigenvalue weighted by molar-refractivity contribution is 5.99. The molecule has 1 aromatic heterocycles. The van der Waals surface area contributed by atoms with Crippen LogP contribution in [0.15, 0.2) is 22.6 Å². The van der Waals surface area contributed by atoms with E-state index in [0.29, 0.717) is 29.4 Å². The molecular formula is C13H16N4O2. The van der Waals surface area contributed by atoms with Gasteiger partial charge in [0.1, 0.15) is 5.76 Å². The van der Waals surface area contributed by atoms with Crippen LogP contribution in [0, 0.1) is 13.8 Å². The van der Waals surface area contributed by atoms with Crippen molar-refractivity contribution in [2.75, 3.05) is 11.1 Å². The third-order valence-corrected chi connectivity index (χ3v) is 2.81. The molecule has 1 amide bonds. The maximum Gasteiger partial charge on any atom is 0.250 e. The molecule has 0 bridgehead atoms. The van der Waals surface area contributed by atoms with Crippen molar-refractivity contribution in [2.24, 2.45) is 5.73 Å². The zero-order chi connectivity index (χ0) is 14.0. The van der Waals surface area contributed by atoms with Crippen molar-refractivity contribution in [3.63, 3.8) is 0 Å². The van der Waals surface area contributed by atoms with Gasteiger partial charge in [0.2, 0.25) is 5.89 Å². The summed E-state index contributed by atoms with van der Waals surface area (Å²) in [6.07, 6.45) is 0. The summed E-state index contributed by atoms with van der Waals surface area (Å²) in [6.45, 7) is 4.08. The van der Waals surface area contributed by atoms with Gasteiger partial charge in [0.15, 0.2) is 0 Å². The molecule has 0 unspecified atom stereocenters. The van der Waals surface area contributed by atoms with E-state index in [1.54, 1.807) is 18.2 Å². The minimum absolute atomic E-state index is 0.360. The van der Waals surface area contributed by atoms with Gasteiger partial charge < -0.3 is 21.2 Å². The molecule has 6 nitrogen and oxygen atoms in total. The highest BCUT2D eigenvalue weighted by atomic mass is 16.4.